The van der Waals surface area contributed by atoms with E-state index in [2.05, 4.69) is 10.3 Å². The molecule has 1 heterocycles. The number of hydrogen-bond acceptors (Lipinski definition) is 5. The number of rotatable bonds is 8. The molecule has 0 unspecified atom stereocenters. The second kappa shape index (κ2) is 8.47. The number of halogens is 1. The zero-order chi connectivity index (χ0) is 17.5. The van der Waals surface area contributed by atoms with E-state index in [-0.39, 0.29) is 23.3 Å². The van der Waals surface area contributed by atoms with Crippen molar-refractivity contribution in [1.82, 2.24) is 9.55 Å². The Morgan fingerprint density at radius 2 is 1.96 bits per heavy atom. The van der Waals surface area contributed by atoms with Crippen LogP contribution in [0.25, 0.3) is 11.3 Å². The molecule has 0 amide bonds. The number of aliphatic hydroxyl groups excluding tert-OH is 1. The number of nitrogens with one attached hydrogen (secondary N) is 1. The molecule has 24 heavy (non-hydrogen) atoms. The molecule has 0 saturated carbocycles. The highest BCUT2D eigenvalue weighted by Gasteiger charge is 2.18. The first-order valence-corrected chi connectivity index (χ1v) is 7.84. The van der Waals surface area contributed by atoms with Crippen molar-refractivity contribution in [3.63, 3.8) is 0 Å². The average Bonchev–Trinajstić information content (AvgIpc) is 2.56. The summed E-state index contributed by atoms with van der Waals surface area (Å²) in [5.41, 5.74) is 0.329. The monoisotopic (exact) mass is 351 g/mol. The number of aromatic nitrogens is 2. The zero-order valence-corrected chi connectivity index (χ0v) is 13.7. The summed E-state index contributed by atoms with van der Waals surface area (Å²) in [5.74, 6) is -1.15. The predicted molar refractivity (Wildman–Crippen MR) is 91.4 cm³/mol. The molecule has 0 aliphatic rings. The quantitative estimate of drug-likeness (QED) is 0.627. The van der Waals surface area contributed by atoms with Crippen molar-refractivity contribution in [2.24, 2.45) is 0 Å². The number of benzene rings is 1. The van der Waals surface area contributed by atoms with Crippen LogP contribution >= 0.6 is 11.6 Å². The van der Waals surface area contributed by atoms with Gasteiger partial charge < -0.3 is 15.5 Å². The van der Waals surface area contributed by atoms with Crippen molar-refractivity contribution in [3.05, 3.63) is 45.8 Å². The van der Waals surface area contributed by atoms with Crippen LogP contribution in [0.5, 0.6) is 0 Å². The van der Waals surface area contributed by atoms with Crippen LogP contribution in [0.3, 0.4) is 0 Å². The minimum absolute atomic E-state index is 0.00105. The fourth-order valence-electron chi connectivity index (χ4n) is 2.26. The maximum absolute atomic E-state index is 12.6. The second-order valence-corrected chi connectivity index (χ2v) is 5.47. The van der Waals surface area contributed by atoms with Crippen LogP contribution in [0.1, 0.15) is 12.8 Å². The lowest BCUT2D eigenvalue weighted by molar-refractivity contribution is -0.137. The Morgan fingerprint density at radius 1 is 1.25 bits per heavy atom. The Bertz CT molecular complexity index is 762. The molecule has 2 rings (SSSR count). The average molecular weight is 352 g/mol. The van der Waals surface area contributed by atoms with E-state index >= 15 is 0 Å². The van der Waals surface area contributed by atoms with Gasteiger partial charge in [0.05, 0.1) is 5.69 Å². The molecule has 128 valence electrons. The van der Waals surface area contributed by atoms with Crippen LogP contribution in [-0.4, -0.2) is 38.9 Å². The molecular weight excluding hydrogens is 334 g/mol. The van der Waals surface area contributed by atoms with E-state index in [9.17, 15) is 9.59 Å². The van der Waals surface area contributed by atoms with Gasteiger partial charge in [0.25, 0.3) is 5.56 Å². The van der Waals surface area contributed by atoms with Crippen molar-refractivity contribution in [2.45, 2.75) is 19.4 Å². The lowest BCUT2D eigenvalue weighted by Crippen LogP contribution is -2.29. The third-order valence-electron chi connectivity index (χ3n) is 3.34. The number of nitrogens with zero attached hydrogens (tertiary/aromatic N) is 2. The fourth-order valence-corrected chi connectivity index (χ4v) is 2.55. The van der Waals surface area contributed by atoms with Gasteiger partial charge in [-0.15, -0.1) is 0 Å². The smallest absolute Gasteiger partial charge is 0.323 e. The van der Waals surface area contributed by atoms with Gasteiger partial charge in [0, 0.05) is 18.7 Å². The van der Waals surface area contributed by atoms with Gasteiger partial charge in [0.15, 0.2) is 11.0 Å². The molecule has 0 saturated heterocycles. The van der Waals surface area contributed by atoms with Crippen molar-refractivity contribution >= 4 is 23.4 Å². The number of carboxylic acids is 1. The number of aliphatic carboxylic acids is 1. The van der Waals surface area contributed by atoms with Crippen LogP contribution in [0.15, 0.2) is 35.1 Å². The van der Waals surface area contributed by atoms with Gasteiger partial charge in [-0.25, -0.2) is 4.98 Å². The first-order chi connectivity index (χ1) is 11.5. The largest absolute Gasteiger partial charge is 0.480 e. The van der Waals surface area contributed by atoms with E-state index in [0.717, 1.165) is 4.57 Å². The minimum Gasteiger partial charge on any atom is -0.480 e. The van der Waals surface area contributed by atoms with Gasteiger partial charge in [0.1, 0.15) is 6.54 Å². The third-order valence-corrected chi connectivity index (χ3v) is 3.60. The molecule has 0 fully saturated rings. The molecule has 7 nitrogen and oxygen atoms in total. The highest BCUT2D eigenvalue weighted by molar-refractivity contribution is 6.32. The summed E-state index contributed by atoms with van der Waals surface area (Å²) in [5, 5.41) is 20.8. The molecule has 3 N–H and O–H groups in total. The van der Waals surface area contributed by atoms with Crippen LogP contribution in [0.4, 0.5) is 5.82 Å². The maximum atomic E-state index is 12.6. The van der Waals surface area contributed by atoms with Gasteiger partial charge >= 0.3 is 5.97 Å². The molecule has 0 bridgehead atoms. The normalized spacial score (nSPS) is 10.6. The van der Waals surface area contributed by atoms with Crippen LogP contribution in [0, 0.1) is 0 Å². The summed E-state index contributed by atoms with van der Waals surface area (Å²) in [4.78, 5) is 27.8. The summed E-state index contributed by atoms with van der Waals surface area (Å²) in [6.45, 7) is -0.0282. The van der Waals surface area contributed by atoms with E-state index in [1.54, 1.807) is 24.3 Å². The topological polar surface area (TPSA) is 104 Å². The summed E-state index contributed by atoms with van der Waals surface area (Å²) in [6.07, 6.45) is 1.24. The number of carbonyl (C=O) groups is 1. The zero-order valence-electron chi connectivity index (χ0n) is 12.9. The van der Waals surface area contributed by atoms with Crippen molar-refractivity contribution in [3.8, 4) is 11.3 Å². The molecule has 1 aromatic heterocycles. The second-order valence-electron chi connectivity index (χ2n) is 5.11. The summed E-state index contributed by atoms with van der Waals surface area (Å²) < 4.78 is 1.10. The fraction of sp³-hybridized carbons (Fsp3) is 0.312. The van der Waals surface area contributed by atoms with E-state index in [0.29, 0.717) is 24.9 Å². The molecule has 0 atom stereocenters. The Balaban J connectivity index is 2.46. The van der Waals surface area contributed by atoms with E-state index in [4.69, 9.17) is 21.8 Å². The lowest BCUT2D eigenvalue weighted by atomic mass is 10.1. The van der Waals surface area contributed by atoms with E-state index < -0.39 is 18.1 Å². The lowest BCUT2D eigenvalue weighted by Gasteiger charge is -2.15. The predicted octanol–water partition coefficient (Wildman–Crippen LogP) is 1.83. The van der Waals surface area contributed by atoms with E-state index in [1.807, 2.05) is 6.07 Å². The third kappa shape index (κ3) is 4.33. The Morgan fingerprint density at radius 3 is 2.58 bits per heavy atom. The molecule has 0 aliphatic heterocycles. The SMILES string of the molecule is O=C(O)Cn1c(-c2ccccc2)c(Cl)nc(NCCCCO)c1=O. The Hall–Kier alpha value is -2.38. The van der Waals surface area contributed by atoms with Gasteiger partial charge in [0.2, 0.25) is 0 Å². The highest BCUT2D eigenvalue weighted by Crippen LogP contribution is 2.26. The first kappa shape index (κ1) is 18.0. The van der Waals surface area contributed by atoms with Gasteiger partial charge in [-0.3, -0.25) is 14.2 Å². The number of carboxylic acid groups (broad SMARTS) is 1. The molecule has 1 aromatic carbocycles. The van der Waals surface area contributed by atoms with Crippen molar-refractivity contribution in [2.75, 3.05) is 18.5 Å². The molecule has 8 heteroatoms. The van der Waals surface area contributed by atoms with E-state index in [1.165, 1.54) is 0 Å². The summed E-state index contributed by atoms with van der Waals surface area (Å²) in [7, 11) is 0. The standard InChI is InChI=1S/C16H18ClN3O4/c17-14-13(11-6-2-1-3-7-11)20(10-12(22)23)16(24)15(19-14)18-8-4-5-9-21/h1-3,6-7,21H,4-5,8-10H2,(H,18,19)(H,22,23). The molecule has 0 spiro atoms. The maximum Gasteiger partial charge on any atom is 0.323 e. The van der Waals surface area contributed by atoms with Crippen LogP contribution < -0.4 is 10.9 Å². The van der Waals surface area contributed by atoms with Crippen molar-refractivity contribution in [1.29, 1.82) is 0 Å². The molecule has 0 radical (unpaired) electrons. The Kier molecular flexibility index (Phi) is 6.34. The molecule has 0 aliphatic carbocycles. The molecular formula is C16H18ClN3O4. The Labute approximate surface area is 143 Å². The van der Waals surface area contributed by atoms with Gasteiger partial charge in [-0.1, -0.05) is 41.9 Å². The van der Waals surface area contributed by atoms with Gasteiger partial charge in [-0.05, 0) is 12.8 Å². The first-order valence-electron chi connectivity index (χ1n) is 7.47. The van der Waals surface area contributed by atoms with Crippen molar-refractivity contribution < 1.29 is 15.0 Å². The van der Waals surface area contributed by atoms with Crippen LogP contribution in [-0.2, 0) is 11.3 Å². The number of aliphatic hydroxyl groups is 1. The number of unbranched alkanes of at least 4 members (excludes halogenated alkanes) is 1. The summed E-state index contributed by atoms with van der Waals surface area (Å²) >= 11 is 6.22. The minimum atomic E-state index is -1.15. The summed E-state index contributed by atoms with van der Waals surface area (Å²) in [6, 6.07) is 8.80. The van der Waals surface area contributed by atoms with Gasteiger partial charge in [-0.2, -0.15) is 0 Å². The number of hydrogen-bond donors (Lipinski definition) is 3. The highest BCUT2D eigenvalue weighted by atomic mass is 35.5. The van der Waals surface area contributed by atoms with Crippen LogP contribution in [0.2, 0.25) is 5.15 Å². The number of anilines is 1. The molecule has 2 aromatic rings.